The molecule has 0 fully saturated rings. The molecule has 4 heteroatoms. The minimum atomic E-state index is 0.582. The van der Waals surface area contributed by atoms with Gasteiger partial charge in [0.05, 0.1) is 0 Å². The summed E-state index contributed by atoms with van der Waals surface area (Å²) in [6, 6.07) is 8.61. The SMILES string of the molecule is C=C(c1ccc(C)cc1)c1c(-n2c(C)nnc2CC(C)CC)sc(C)c1C. The minimum Gasteiger partial charge on any atom is -0.273 e. The normalized spacial score (nSPS) is 12.4. The fourth-order valence-corrected chi connectivity index (χ4v) is 4.53. The number of thiophene rings is 1. The molecular weight excluding hydrogens is 350 g/mol. The molecular formula is C23H29N3S. The van der Waals surface area contributed by atoms with Crippen LogP contribution in [0.15, 0.2) is 30.8 Å². The van der Waals surface area contributed by atoms with E-state index in [0.717, 1.165) is 35.6 Å². The number of aryl methyl sites for hydroxylation is 3. The van der Waals surface area contributed by atoms with Crippen molar-refractivity contribution in [2.45, 2.75) is 54.4 Å². The zero-order valence-electron chi connectivity index (χ0n) is 17.3. The first-order valence-electron chi connectivity index (χ1n) is 9.61. The van der Waals surface area contributed by atoms with Gasteiger partial charge < -0.3 is 0 Å². The third kappa shape index (κ3) is 3.77. The van der Waals surface area contributed by atoms with Crippen molar-refractivity contribution in [3.8, 4) is 5.00 Å². The predicted molar refractivity (Wildman–Crippen MR) is 116 cm³/mol. The zero-order chi connectivity index (χ0) is 19.7. The Bertz CT molecular complexity index is 960. The molecule has 3 rings (SSSR count). The summed E-state index contributed by atoms with van der Waals surface area (Å²) in [7, 11) is 0. The second kappa shape index (κ2) is 7.81. The highest BCUT2D eigenvalue weighted by Crippen LogP contribution is 2.39. The van der Waals surface area contributed by atoms with Gasteiger partial charge in [-0.3, -0.25) is 4.57 Å². The summed E-state index contributed by atoms with van der Waals surface area (Å²) in [6.45, 7) is 17.5. The predicted octanol–water partition coefficient (Wildman–Crippen LogP) is 6.21. The van der Waals surface area contributed by atoms with Gasteiger partial charge in [0.15, 0.2) is 0 Å². The summed E-state index contributed by atoms with van der Waals surface area (Å²) in [6.07, 6.45) is 2.07. The van der Waals surface area contributed by atoms with E-state index in [4.69, 9.17) is 0 Å². The van der Waals surface area contributed by atoms with Crippen LogP contribution in [0.5, 0.6) is 0 Å². The lowest BCUT2D eigenvalue weighted by molar-refractivity contribution is 0.538. The van der Waals surface area contributed by atoms with Crippen molar-refractivity contribution in [2.24, 2.45) is 5.92 Å². The summed E-state index contributed by atoms with van der Waals surface area (Å²) >= 11 is 1.81. The van der Waals surface area contributed by atoms with E-state index < -0.39 is 0 Å². The molecule has 0 aliphatic heterocycles. The standard InChI is InChI=1S/C23H29N3S/c1-8-14(2)13-21-25-24-19(7)26(21)23-22(16(4)18(6)27-23)17(5)20-11-9-15(3)10-12-20/h9-12,14H,5,8,13H2,1-4,6-7H3. The average molecular weight is 380 g/mol. The fourth-order valence-electron chi connectivity index (χ4n) is 3.28. The Morgan fingerprint density at radius 1 is 1.11 bits per heavy atom. The van der Waals surface area contributed by atoms with E-state index in [1.807, 2.05) is 18.3 Å². The molecule has 0 saturated carbocycles. The van der Waals surface area contributed by atoms with Crippen molar-refractivity contribution in [1.82, 2.24) is 14.8 Å². The quantitative estimate of drug-likeness (QED) is 0.509. The van der Waals surface area contributed by atoms with Crippen molar-refractivity contribution < 1.29 is 0 Å². The van der Waals surface area contributed by atoms with Crippen molar-refractivity contribution >= 4 is 16.9 Å². The van der Waals surface area contributed by atoms with Crippen LogP contribution in [-0.2, 0) is 6.42 Å². The van der Waals surface area contributed by atoms with Crippen LogP contribution in [-0.4, -0.2) is 14.8 Å². The lowest BCUT2D eigenvalue weighted by Crippen LogP contribution is -2.08. The summed E-state index contributed by atoms with van der Waals surface area (Å²) in [5.41, 5.74) is 6.00. The fraction of sp³-hybridized carbons (Fsp3) is 0.391. The molecule has 0 N–H and O–H groups in total. The number of nitrogens with zero attached hydrogens (tertiary/aromatic N) is 3. The maximum absolute atomic E-state index is 4.49. The van der Waals surface area contributed by atoms with E-state index in [1.165, 1.54) is 26.6 Å². The van der Waals surface area contributed by atoms with Gasteiger partial charge in [0, 0.05) is 16.9 Å². The van der Waals surface area contributed by atoms with Crippen LogP contribution >= 0.6 is 11.3 Å². The van der Waals surface area contributed by atoms with E-state index in [1.54, 1.807) is 0 Å². The molecule has 0 amide bonds. The van der Waals surface area contributed by atoms with Crippen LogP contribution in [0.2, 0.25) is 0 Å². The number of rotatable bonds is 6. The molecule has 2 aromatic heterocycles. The Balaban J connectivity index is 2.14. The maximum atomic E-state index is 4.49. The first-order chi connectivity index (χ1) is 12.8. The highest BCUT2D eigenvalue weighted by molar-refractivity contribution is 7.15. The molecule has 1 unspecified atom stereocenters. The van der Waals surface area contributed by atoms with Gasteiger partial charge in [-0.2, -0.15) is 0 Å². The second-order valence-electron chi connectivity index (χ2n) is 7.52. The van der Waals surface area contributed by atoms with Crippen LogP contribution in [0.4, 0.5) is 0 Å². The number of hydrogen-bond acceptors (Lipinski definition) is 3. The molecule has 142 valence electrons. The van der Waals surface area contributed by atoms with Crippen molar-refractivity contribution in [3.63, 3.8) is 0 Å². The molecule has 0 saturated heterocycles. The molecule has 0 aliphatic carbocycles. The Hall–Kier alpha value is -2.20. The Labute approximate surface area is 166 Å². The van der Waals surface area contributed by atoms with Gasteiger partial charge in [-0.15, -0.1) is 21.5 Å². The second-order valence-corrected chi connectivity index (χ2v) is 8.73. The minimum absolute atomic E-state index is 0.582. The molecule has 0 radical (unpaired) electrons. The number of benzene rings is 1. The van der Waals surface area contributed by atoms with Crippen molar-refractivity contribution in [1.29, 1.82) is 0 Å². The van der Waals surface area contributed by atoms with Crippen LogP contribution in [0.3, 0.4) is 0 Å². The highest BCUT2D eigenvalue weighted by Gasteiger charge is 2.22. The van der Waals surface area contributed by atoms with E-state index in [-0.39, 0.29) is 0 Å². The first kappa shape index (κ1) is 19.6. The van der Waals surface area contributed by atoms with E-state index in [2.05, 4.69) is 80.2 Å². The van der Waals surface area contributed by atoms with Crippen LogP contribution in [0.25, 0.3) is 10.6 Å². The molecule has 3 aromatic rings. The maximum Gasteiger partial charge on any atom is 0.138 e. The van der Waals surface area contributed by atoms with Gasteiger partial charge in [0.25, 0.3) is 0 Å². The third-order valence-electron chi connectivity index (χ3n) is 5.39. The van der Waals surface area contributed by atoms with Crippen LogP contribution in [0.1, 0.15) is 59.0 Å². The Morgan fingerprint density at radius 2 is 1.78 bits per heavy atom. The van der Waals surface area contributed by atoms with Gasteiger partial charge in [0.1, 0.15) is 16.6 Å². The van der Waals surface area contributed by atoms with Gasteiger partial charge in [-0.25, -0.2) is 0 Å². The summed E-state index contributed by atoms with van der Waals surface area (Å²) in [4.78, 5) is 1.32. The summed E-state index contributed by atoms with van der Waals surface area (Å²) in [5.74, 6) is 2.56. The largest absolute Gasteiger partial charge is 0.273 e. The molecule has 0 aliphatic rings. The molecule has 1 aromatic carbocycles. The molecule has 1 atom stereocenters. The summed E-state index contributed by atoms with van der Waals surface area (Å²) < 4.78 is 2.24. The Morgan fingerprint density at radius 3 is 2.41 bits per heavy atom. The first-order valence-corrected chi connectivity index (χ1v) is 10.4. The monoisotopic (exact) mass is 379 g/mol. The number of hydrogen-bond donors (Lipinski definition) is 0. The van der Waals surface area contributed by atoms with Gasteiger partial charge in [-0.1, -0.05) is 56.7 Å². The lowest BCUT2D eigenvalue weighted by Gasteiger charge is -2.14. The van der Waals surface area contributed by atoms with Gasteiger partial charge in [-0.05, 0) is 50.3 Å². The number of aromatic nitrogens is 3. The molecule has 2 heterocycles. The van der Waals surface area contributed by atoms with Crippen molar-refractivity contribution in [3.05, 3.63) is 69.6 Å². The lowest BCUT2D eigenvalue weighted by atomic mass is 9.96. The van der Waals surface area contributed by atoms with Crippen LogP contribution < -0.4 is 0 Å². The smallest absolute Gasteiger partial charge is 0.138 e. The van der Waals surface area contributed by atoms with Gasteiger partial charge >= 0.3 is 0 Å². The average Bonchev–Trinajstić information content (AvgIpc) is 3.14. The summed E-state index contributed by atoms with van der Waals surface area (Å²) in [5, 5.41) is 10.1. The topological polar surface area (TPSA) is 30.7 Å². The molecule has 0 spiro atoms. The zero-order valence-corrected chi connectivity index (χ0v) is 18.1. The van der Waals surface area contributed by atoms with E-state index in [9.17, 15) is 0 Å². The van der Waals surface area contributed by atoms with Gasteiger partial charge in [0.2, 0.25) is 0 Å². The molecule has 27 heavy (non-hydrogen) atoms. The third-order valence-corrected chi connectivity index (χ3v) is 6.58. The highest BCUT2D eigenvalue weighted by atomic mass is 32.1. The Kier molecular flexibility index (Phi) is 5.66. The molecule has 3 nitrogen and oxygen atoms in total. The molecule has 0 bridgehead atoms. The van der Waals surface area contributed by atoms with E-state index in [0.29, 0.717) is 5.92 Å². The van der Waals surface area contributed by atoms with E-state index >= 15 is 0 Å². The van der Waals surface area contributed by atoms with Crippen molar-refractivity contribution in [2.75, 3.05) is 0 Å². The van der Waals surface area contributed by atoms with Crippen LogP contribution in [0, 0.1) is 33.6 Å².